The summed E-state index contributed by atoms with van der Waals surface area (Å²) >= 11 is 0. The second-order valence-electron chi connectivity index (χ2n) is 5.34. The van der Waals surface area contributed by atoms with E-state index in [1.807, 2.05) is 6.92 Å². The van der Waals surface area contributed by atoms with Crippen LogP contribution in [0.4, 0.5) is 5.69 Å². The van der Waals surface area contributed by atoms with E-state index in [2.05, 4.69) is 10.3 Å². The number of nitro groups is 1. The van der Waals surface area contributed by atoms with Crippen LogP contribution in [0.3, 0.4) is 0 Å². The summed E-state index contributed by atoms with van der Waals surface area (Å²) in [5, 5.41) is 23.7. The first kappa shape index (κ1) is 17.6. The summed E-state index contributed by atoms with van der Waals surface area (Å²) in [6, 6.07) is 8.95. The Hall–Kier alpha value is -2.71. The van der Waals surface area contributed by atoms with E-state index < -0.39 is 11.0 Å². The van der Waals surface area contributed by atoms with Crippen LogP contribution >= 0.6 is 0 Å². The monoisotopic (exact) mass is 333 g/mol. The molecule has 1 aromatic heterocycles. The third-order valence-corrected chi connectivity index (χ3v) is 3.43. The van der Waals surface area contributed by atoms with Gasteiger partial charge in [0.2, 0.25) is 5.56 Å². The maximum Gasteiger partial charge on any atom is 0.273 e. The Labute approximate surface area is 138 Å². The van der Waals surface area contributed by atoms with Gasteiger partial charge in [-0.1, -0.05) is 6.07 Å². The first-order valence-electron chi connectivity index (χ1n) is 7.43. The van der Waals surface area contributed by atoms with Gasteiger partial charge in [-0.05, 0) is 24.6 Å². The molecule has 24 heavy (non-hydrogen) atoms. The Morgan fingerprint density at radius 2 is 2.17 bits per heavy atom. The molecule has 2 rings (SSSR count). The van der Waals surface area contributed by atoms with Crippen molar-refractivity contribution in [3.05, 3.63) is 68.6 Å². The topological polar surface area (TPSA) is 117 Å². The number of aliphatic hydroxyl groups is 1. The van der Waals surface area contributed by atoms with Crippen LogP contribution in [-0.2, 0) is 0 Å². The third-order valence-electron chi connectivity index (χ3n) is 3.43. The summed E-state index contributed by atoms with van der Waals surface area (Å²) in [5.41, 5.74) is 0.560. The molecule has 0 saturated carbocycles. The van der Waals surface area contributed by atoms with Crippen molar-refractivity contribution in [3.63, 3.8) is 0 Å². The number of ether oxygens (including phenoxy) is 1. The largest absolute Gasteiger partial charge is 0.491 e. The van der Waals surface area contributed by atoms with Gasteiger partial charge in [-0.25, -0.2) is 0 Å². The summed E-state index contributed by atoms with van der Waals surface area (Å²) in [6.45, 7) is 2.13. The zero-order valence-electron chi connectivity index (χ0n) is 13.1. The van der Waals surface area contributed by atoms with E-state index in [0.29, 0.717) is 5.75 Å². The van der Waals surface area contributed by atoms with E-state index >= 15 is 0 Å². The number of nitrogens with one attached hydrogen (secondary N) is 2. The molecule has 128 valence electrons. The predicted octanol–water partition coefficient (Wildman–Crippen LogP) is 1.37. The van der Waals surface area contributed by atoms with Crippen molar-refractivity contribution in [2.75, 3.05) is 13.2 Å². The molecule has 2 unspecified atom stereocenters. The number of hydrogen-bond acceptors (Lipinski definition) is 6. The number of aliphatic hydroxyl groups excluding tert-OH is 1. The van der Waals surface area contributed by atoms with Gasteiger partial charge in [0.05, 0.1) is 11.0 Å². The van der Waals surface area contributed by atoms with Crippen LogP contribution in [0.2, 0.25) is 0 Å². The number of H-pyrrole nitrogens is 1. The van der Waals surface area contributed by atoms with Gasteiger partial charge in [0, 0.05) is 30.9 Å². The summed E-state index contributed by atoms with van der Waals surface area (Å²) in [5.74, 6) is 0.325. The molecule has 1 aromatic carbocycles. The second kappa shape index (κ2) is 8.23. The molecule has 8 nitrogen and oxygen atoms in total. The number of benzene rings is 1. The van der Waals surface area contributed by atoms with Gasteiger partial charge in [0.25, 0.3) is 5.69 Å². The first-order valence-corrected chi connectivity index (χ1v) is 7.43. The third kappa shape index (κ3) is 5.18. The van der Waals surface area contributed by atoms with Gasteiger partial charge in [-0.3, -0.25) is 14.9 Å². The minimum absolute atomic E-state index is 0.00371. The van der Waals surface area contributed by atoms with Crippen LogP contribution in [-0.4, -0.2) is 34.3 Å². The molecule has 1 heterocycles. The van der Waals surface area contributed by atoms with E-state index in [1.54, 1.807) is 18.3 Å². The molecule has 0 aliphatic rings. The average molecular weight is 333 g/mol. The number of hydrogen-bond donors (Lipinski definition) is 3. The lowest BCUT2D eigenvalue weighted by atomic mass is 10.1. The van der Waals surface area contributed by atoms with Gasteiger partial charge in [-0.2, -0.15) is 0 Å². The molecule has 3 N–H and O–H groups in total. The predicted molar refractivity (Wildman–Crippen MR) is 88.1 cm³/mol. The number of rotatable bonds is 8. The molecule has 0 aliphatic carbocycles. The van der Waals surface area contributed by atoms with Crippen molar-refractivity contribution in [2.24, 2.45) is 0 Å². The maximum atomic E-state index is 11.3. The Kier molecular flexibility index (Phi) is 6.05. The number of aromatic nitrogens is 1. The fourth-order valence-corrected chi connectivity index (χ4v) is 2.10. The van der Waals surface area contributed by atoms with Crippen LogP contribution in [0.1, 0.15) is 18.5 Å². The van der Waals surface area contributed by atoms with Crippen molar-refractivity contribution in [3.8, 4) is 5.75 Å². The molecule has 2 aromatic rings. The molecule has 0 bridgehead atoms. The van der Waals surface area contributed by atoms with Crippen molar-refractivity contribution in [1.29, 1.82) is 0 Å². The minimum Gasteiger partial charge on any atom is -0.491 e. The lowest BCUT2D eigenvalue weighted by Gasteiger charge is -2.17. The average Bonchev–Trinajstić information content (AvgIpc) is 2.58. The molecule has 0 radical (unpaired) electrons. The van der Waals surface area contributed by atoms with Crippen LogP contribution in [0, 0.1) is 10.1 Å². The lowest BCUT2D eigenvalue weighted by Crippen LogP contribution is -2.33. The molecule has 0 spiro atoms. The van der Waals surface area contributed by atoms with Gasteiger partial charge in [0.1, 0.15) is 18.5 Å². The number of non-ortho nitro benzene ring substituents is 1. The van der Waals surface area contributed by atoms with Crippen LogP contribution < -0.4 is 15.6 Å². The highest BCUT2D eigenvalue weighted by atomic mass is 16.6. The summed E-state index contributed by atoms with van der Waals surface area (Å²) in [4.78, 5) is 24.0. The van der Waals surface area contributed by atoms with Gasteiger partial charge < -0.3 is 20.1 Å². The quantitative estimate of drug-likeness (QED) is 0.496. The molecule has 2 atom stereocenters. The first-order chi connectivity index (χ1) is 11.5. The Morgan fingerprint density at radius 3 is 2.88 bits per heavy atom. The standard InChI is InChI=1S/C16H19N3O5/c1-11(12-5-6-17-16(21)7-12)18-9-14(20)10-24-15-4-2-3-13(8-15)19(22)23/h2-8,11,14,18,20H,9-10H2,1H3,(H,17,21). The zero-order chi connectivity index (χ0) is 17.5. The highest BCUT2D eigenvalue weighted by molar-refractivity contribution is 5.37. The molecule has 0 amide bonds. The summed E-state index contributed by atoms with van der Waals surface area (Å²) in [7, 11) is 0. The smallest absolute Gasteiger partial charge is 0.273 e. The lowest BCUT2D eigenvalue weighted by molar-refractivity contribution is -0.384. The van der Waals surface area contributed by atoms with Crippen molar-refractivity contribution < 1.29 is 14.8 Å². The van der Waals surface area contributed by atoms with Gasteiger partial charge in [-0.15, -0.1) is 0 Å². The van der Waals surface area contributed by atoms with Gasteiger partial charge in [0.15, 0.2) is 0 Å². The highest BCUT2D eigenvalue weighted by Crippen LogP contribution is 2.19. The number of nitrogens with zero attached hydrogens (tertiary/aromatic N) is 1. The van der Waals surface area contributed by atoms with Crippen molar-refractivity contribution in [2.45, 2.75) is 19.1 Å². The van der Waals surface area contributed by atoms with Crippen LogP contribution in [0.15, 0.2) is 47.4 Å². The number of pyridine rings is 1. The van der Waals surface area contributed by atoms with E-state index in [4.69, 9.17) is 4.74 Å². The zero-order valence-corrected chi connectivity index (χ0v) is 13.1. The van der Waals surface area contributed by atoms with Crippen LogP contribution in [0.25, 0.3) is 0 Å². The van der Waals surface area contributed by atoms with Crippen LogP contribution in [0.5, 0.6) is 5.75 Å². The van der Waals surface area contributed by atoms with E-state index in [1.165, 1.54) is 24.3 Å². The van der Waals surface area contributed by atoms with E-state index in [0.717, 1.165) is 5.56 Å². The Bertz CT molecular complexity index is 746. The fourth-order valence-electron chi connectivity index (χ4n) is 2.10. The highest BCUT2D eigenvalue weighted by Gasteiger charge is 2.11. The normalized spacial score (nSPS) is 13.2. The van der Waals surface area contributed by atoms with Crippen molar-refractivity contribution >= 4 is 5.69 Å². The van der Waals surface area contributed by atoms with E-state index in [9.17, 15) is 20.0 Å². The van der Waals surface area contributed by atoms with E-state index in [-0.39, 0.29) is 30.4 Å². The summed E-state index contributed by atoms with van der Waals surface area (Å²) < 4.78 is 5.37. The number of aromatic amines is 1. The Balaban J connectivity index is 1.81. The maximum absolute atomic E-state index is 11.3. The molecule has 0 fully saturated rings. The number of nitro benzene ring substituents is 1. The molecule has 0 saturated heterocycles. The molecule has 0 aliphatic heterocycles. The second-order valence-corrected chi connectivity index (χ2v) is 5.34. The Morgan fingerprint density at radius 1 is 1.38 bits per heavy atom. The molecular weight excluding hydrogens is 314 g/mol. The molecular formula is C16H19N3O5. The van der Waals surface area contributed by atoms with Crippen molar-refractivity contribution in [1.82, 2.24) is 10.3 Å². The minimum atomic E-state index is -0.797. The molecule has 8 heteroatoms. The fraction of sp³-hybridized carbons (Fsp3) is 0.312. The van der Waals surface area contributed by atoms with Gasteiger partial charge >= 0.3 is 0 Å². The SMILES string of the molecule is CC(NCC(O)COc1cccc([N+](=O)[O-])c1)c1cc[nH]c(=O)c1. The summed E-state index contributed by atoms with van der Waals surface area (Å²) in [6.07, 6.45) is 0.770.